The summed E-state index contributed by atoms with van der Waals surface area (Å²) in [6, 6.07) is 27.0. The smallest absolute Gasteiger partial charge is 0.372 e. The van der Waals surface area contributed by atoms with Gasteiger partial charge in [-0.1, -0.05) is 85.5 Å². The average molecular weight is 953 g/mol. The lowest BCUT2D eigenvalue weighted by Crippen LogP contribution is -2.39. The minimum absolute atomic E-state index is 0.156. The minimum atomic E-state index is -0.916. The molecule has 3 aliphatic heterocycles. The number of aromatic nitrogens is 1. The maximum atomic E-state index is 12.2. The summed E-state index contributed by atoms with van der Waals surface area (Å²) in [5.74, 6) is -0.902. The molecule has 0 spiro atoms. The SMILES string of the molecule is CCOC(=O)CN1/C(=C\C=C\c2sc3ccccc3[n+]2CC(=O)OCC)Sc2ccccc21.CN1\C(=C/C=C/C=C/C2=[N+](C)c3ccc(OC=O)cc3C2(C)C)C(C)(C)c2cc(C(=O)O)ccc21. The molecule has 12 nitrogen and oxygen atoms in total. The molecule has 68 heavy (non-hydrogen) atoms. The number of para-hydroxylation sites is 2. The van der Waals surface area contributed by atoms with E-state index in [0.717, 1.165) is 64.7 Å². The van der Waals surface area contributed by atoms with Gasteiger partial charge in [-0.25, -0.2) is 9.59 Å². The number of likely N-dealkylation sites (N-methyl/N-ethyl adjacent to an activating group) is 1. The molecular formula is C54H56N4O8S2+2. The Bertz CT molecular complexity index is 2970. The number of rotatable bonds is 14. The van der Waals surface area contributed by atoms with Crippen molar-refractivity contribution in [3.05, 3.63) is 160 Å². The monoisotopic (exact) mass is 952 g/mol. The number of allylic oxidation sites excluding steroid dienone is 8. The Hall–Kier alpha value is -7.03. The van der Waals surface area contributed by atoms with E-state index in [1.165, 1.54) is 0 Å². The van der Waals surface area contributed by atoms with Crippen LogP contribution in [0, 0.1) is 0 Å². The van der Waals surface area contributed by atoms with Crippen LogP contribution in [0.15, 0.2) is 143 Å². The highest BCUT2D eigenvalue weighted by Crippen LogP contribution is 2.48. The molecule has 0 saturated carbocycles. The van der Waals surface area contributed by atoms with E-state index in [-0.39, 0.29) is 35.9 Å². The molecule has 8 rings (SSSR count). The third kappa shape index (κ3) is 10.1. The number of nitrogens with zero attached hydrogens (tertiary/aromatic N) is 4. The molecule has 5 aromatic rings. The van der Waals surface area contributed by atoms with Crippen LogP contribution in [0.5, 0.6) is 5.75 Å². The number of hydrogen-bond acceptors (Lipinski definition) is 11. The molecule has 1 aromatic heterocycles. The van der Waals surface area contributed by atoms with E-state index in [4.69, 9.17) is 14.2 Å². The van der Waals surface area contributed by atoms with Crippen LogP contribution in [0.3, 0.4) is 0 Å². The first-order valence-corrected chi connectivity index (χ1v) is 23.9. The number of thiazole rings is 1. The predicted molar refractivity (Wildman–Crippen MR) is 270 cm³/mol. The number of thioether (sulfide) groups is 1. The summed E-state index contributed by atoms with van der Waals surface area (Å²) in [5, 5.41) is 11.3. The van der Waals surface area contributed by atoms with Gasteiger partial charge in [0.15, 0.2) is 5.71 Å². The molecule has 3 aliphatic rings. The number of carboxylic acids is 1. The van der Waals surface area contributed by atoms with Crippen molar-refractivity contribution in [2.24, 2.45) is 0 Å². The Morgan fingerprint density at radius 1 is 0.779 bits per heavy atom. The molecule has 0 amide bonds. The number of benzene rings is 4. The number of carbonyl (C=O) groups excluding carboxylic acids is 3. The van der Waals surface area contributed by atoms with Crippen LogP contribution in [-0.2, 0) is 41.2 Å². The van der Waals surface area contributed by atoms with E-state index in [9.17, 15) is 24.3 Å². The van der Waals surface area contributed by atoms with Crippen LogP contribution in [0.4, 0.5) is 17.1 Å². The van der Waals surface area contributed by atoms with E-state index >= 15 is 0 Å². The number of fused-ring (bicyclic) bond motifs is 4. The van der Waals surface area contributed by atoms with Gasteiger partial charge in [-0.2, -0.15) is 9.14 Å². The molecule has 0 unspecified atom stereocenters. The Morgan fingerprint density at radius 3 is 2.26 bits per heavy atom. The highest BCUT2D eigenvalue weighted by molar-refractivity contribution is 8.03. The summed E-state index contributed by atoms with van der Waals surface area (Å²) < 4.78 is 20.6. The number of carbonyl (C=O) groups is 4. The quantitative estimate of drug-likeness (QED) is 0.0494. The van der Waals surface area contributed by atoms with Crippen molar-refractivity contribution >= 4 is 86.5 Å². The standard InChI is InChI=1S/C29H30N2O4.C25H25N2O4S2/c1-28(2)21-16-19(27(33)34)12-14-23(21)30(5)25(28)10-8-7-9-11-26-29(3,4)22-17-20(35-18-32)13-15-24(22)31(26)6;1-3-30-24(28)16-26-18-10-5-7-12-20(18)32-22(26)14-9-15-23-27(17-25(29)31-4-2)19-11-6-8-13-21(19)33-23/h7-18H,1-6H3;5-15H,3-4,16-17H2,1-2H3/q;+1/p+1. The lowest BCUT2D eigenvalue weighted by atomic mass is 9.81. The van der Waals surface area contributed by atoms with E-state index in [0.29, 0.717) is 31.0 Å². The molecule has 14 heteroatoms. The van der Waals surface area contributed by atoms with Gasteiger partial charge in [0.2, 0.25) is 17.7 Å². The van der Waals surface area contributed by atoms with E-state index in [2.05, 4.69) is 49.3 Å². The average Bonchev–Trinajstić information content (AvgIpc) is 3.95. The Morgan fingerprint density at radius 2 is 1.51 bits per heavy atom. The maximum absolute atomic E-state index is 12.2. The van der Waals surface area contributed by atoms with Gasteiger partial charge in [0.05, 0.1) is 34.9 Å². The summed E-state index contributed by atoms with van der Waals surface area (Å²) in [5.41, 5.74) is 8.21. The zero-order chi connectivity index (χ0) is 48.8. The first-order valence-electron chi connectivity index (χ1n) is 22.3. The number of esters is 2. The third-order valence-electron chi connectivity index (χ3n) is 12.1. The molecule has 0 saturated heterocycles. The fourth-order valence-corrected chi connectivity index (χ4v) is 11.0. The van der Waals surface area contributed by atoms with Gasteiger partial charge in [-0.15, -0.1) is 0 Å². The zero-order valence-electron chi connectivity index (χ0n) is 39.5. The Balaban J connectivity index is 0.000000202. The normalized spacial score (nSPS) is 16.7. The van der Waals surface area contributed by atoms with Crippen molar-refractivity contribution in [1.82, 2.24) is 0 Å². The topological polar surface area (TPSA) is 130 Å². The molecule has 4 heterocycles. The summed E-state index contributed by atoms with van der Waals surface area (Å²) in [4.78, 5) is 51.7. The van der Waals surface area contributed by atoms with E-state index in [1.807, 2.05) is 127 Å². The molecule has 0 fully saturated rings. The number of ether oxygens (including phenoxy) is 3. The fraction of sp³-hybridized carbons (Fsp3) is 0.259. The number of hydrogen-bond donors (Lipinski definition) is 1. The lowest BCUT2D eigenvalue weighted by Gasteiger charge is -2.23. The lowest BCUT2D eigenvalue weighted by molar-refractivity contribution is -0.657. The maximum Gasteiger partial charge on any atom is 0.372 e. The number of carboxylic acid groups (broad SMARTS) is 1. The number of anilines is 2. The van der Waals surface area contributed by atoms with E-state index in [1.54, 1.807) is 55.1 Å². The molecule has 0 radical (unpaired) electrons. The van der Waals surface area contributed by atoms with Crippen molar-refractivity contribution < 1.29 is 47.6 Å². The summed E-state index contributed by atoms with van der Waals surface area (Å²) in [7, 11) is 4.05. The van der Waals surface area contributed by atoms with Crippen molar-refractivity contribution in [2.75, 3.05) is 43.7 Å². The van der Waals surface area contributed by atoms with E-state index < -0.39 is 5.97 Å². The summed E-state index contributed by atoms with van der Waals surface area (Å²) in [6.45, 7) is 13.6. The van der Waals surface area contributed by atoms with Crippen LogP contribution in [0.2, 0.25) is 0 Å². The van der Waals surface area contributed by atoms with Gasteiger partial charge in [0.25, 0.3) is 11.5 Å². The first-order chi connectivity index (χ1) is 32.6. The molecule has 1 N–H and O–H groups in total. The van der Waals surface area contributed by atoms with Gasteiger partial charge in [-0.3, -0.25) is 9.59 Å². The van der Waals surface area contributed by atoms with Crippen molar-refractivity contribution in [3.63, 3.8) is 0 Å². The summed E-state index contributed by atoms with van der Waals surface area (Å²) in [6.07, 6.45) is 16.2. The van der Waals surface area contributed by atoms with Gasteiger partial charge >= 0.3 is 17.9 Å². The van der Waals surface area contributed by atoms with Crippen LogP contribution >= 0.6 is 23.1 Å². The largest absolute Gasteiger partial charge is 0.478 e. The molecule has 0 atom stereocenters. The fourth-order valence-electron chi connectivity index (χ4n) is 8.84. The summed E-state index contributed by atoms with van der Waals surface area (Å²) >= 11 is 3.23. The van der Waals surface area contributed by atoms with Crippen molar-refractivity contribution in [3.8, 4) is 5.75 Å². The zero-order valence-corrected chi connectivity index (χ0v) is 41.2. The first kappa shape index (κ1) is 48.9. The molecule has 0 aliphatic carbocycles. The second kappa shape index (κ2) is 20.9. The third-order valence-corrected chi connectivity index (χ3v) is 14.4. The second-order valence-electron chi connectivity index (χ2n) is 17.1. The predicted octanol–water partition coefficient (Wildman–Crippen LogP) is 10.1. The Labute approximate surface area is 405 Å². The van der Waals surface area contributed by atoms with Crippen LogP contribution in [-0.4, -0.2) is 73.6 Å². The van der Waals surface area contributed by atoms with Gasteiger partial charge < -0.3 is 29.1 Å². The van der Waals surface area contributed by atoms with Crippen LogP contribution in [0.25, 0.3) is 16.3 Å². The van der Waals surface area contributed by atoms with Gasteiger partial charge in [-0.05, 0) is 93.9 Å². The molecule has 4 aromatic carbocycles. The molecule has 350 valence electrons. The minimum Gasteiger partial charge on any atom is -0.478 e. The molecule has 0 bridgehead atoms. The number of aromatic carboxylic acids is 1. The second-order valence-corrected chi connectivity index (χ2v) is 19.2. The highest BCUT2D eigenvalue weighted by Gasteiger charge is 2.43. The van der Waals surface area contributed by atoms with Crippen molar-refractivity contribution in [1.29, 1.82) is 0 Å². The molecular weight excluding hydrogens is 897 g/mol. The van der Waals surface area contributed by atoms with Crippen molar-refractivity contribution in [2.45, 2.75) is 63.8 Å². The Kier molecular flexibility index (Phi) is 15.0. The van der Waals surface area contributed by atoms with Crippen LogP contribution in [0.1, 0.15) is 68.0 Å². The van der Waals surface area contributed by atoms with Crippen LogP contribution < -0.4 is 19.1 Å². The van der Waals surface area contributed by atoms with Gasteiger partial charge in [0, 0.05) is 58.6 Å². The van der Waals surface area contributed by atoms with Gasteiger partial charge in [0.1, 0.15) is 24.0 Å². The highest BCUT2D eigenvalue weighted by atomic mass is 32.2.